The van der Waals surface area contributed by atoms with Crippen molar-refractivity contribution in [1.29, 1.82) is 0 Å². The van der Waals surface area contributed by atoms with Gasteiger partial charge in [-0.05, 0) is 49.8 Å². The monoisotopic (exact) mass is 464 g/mol. The number of cyclic esters (lactones) is 1. The number of rotatable bonds is 6. The third kappa shape index (κ3) is 7.19. The highest BCUT2D eigenvalue weighted by Gasteiger charge is 2.27. The zero-order chi connectivity index (χ0) is 23.8. The average Bonchev–Trinajstić information content (AvgIpc) is 3.65. The molecule has 2 aliphatic heterocycles. The van der Waals surface area contributed by atoms with Crippen molar-refractivity contribution in [3.8, 4) is 11.5 Å². The summed E-state index contributed by atoms with van der Waals surface area (Å²) in [5.74, 6) is 0.868. The van der Waals surface area contributed by atoms with Gasteiger partial charge in [-0.15, -0.1) is 0 Å². The molecule has 2 aliphatic rings. The van der Waals surface area contributed by atoms with Crippen molar-refractivity contribution in [2.75, 3.05) is 13.2 Å². The van der Waals surface area contributed by atoms with Gasteiger partial charge in [0, 0.05) is 18.9 Å². The van der Waals surface area contributed by atoms with Crippen LogP contribution in [0.25, 0.3) is 6.08 Å². The summed E-state index contributed by atoms with van der Waals surface area (Å²) in [5, 5.41) is 0. The highest BCUT2D eigenvalue weighted by atomic mass is 16.6. The number of benzene rings is 2. The standard InChI is InChI=1S/C28H32O6/c1-20-9-8-14-23(29)13-7-3-6-12-22-15-24(31-17-21-10-4-2-5-11-21)16-26(27(22)28(30)34-20)33-19-25-18-32-25/h2,4-6,10-12,15-16,20,25H,3,7-9,13-14,17-19H2,1H3/b12-6+/t20-,25-/m0/s1. The zero-order valence-corrected chi connectivity index (χ0v) is 19.7. The maximum absolute atomic E-state index is 13.2. The van der Waals surface area contributed by atoms with Gasteiger partial charge in [0.15, 0.2) is 0 Å². The summed E-state index contributed by atoms with van der Waals surface area (Å²) in [6, 6.07) is 13.5. The van der Waals surface area contributed by atoms with Crippen molar-refractivity contribution in [2.45, 2.75) is 64.3 Å². The summed E-state index contributed by atoms with van der Waals surface area (Å²) in [7, 11) is 0. The Labute approximate surface area is 200 Å². The van der Waals surface area contributed by atoms with Gasteiger partial charge in [-0.2, -0.15) is 0 Å². The fraction of sp³-hybridized carbons (Fsp3) is 0.429. The van der Waals surface area contributed by atoms with Gasteiger partial charge in [0.25, 0.3) is 0 Å². The minimum Gasteiger partial charge on any atom is -0.490 e. The van der Waals surface area contributed by atoms with Crippen LogP contribution < -0.4 is 9.47 Å². The lowest BCUT2D eigenvalue weighted by Crippen LogP contribution is -2.18. The van der Waals surface area contributed by atoms with E-state index in [1.165, 1.54) is 0 Å². The summed E-state index contributed by atoms with van der Waals surface area (Å²) in [6.45, 7) is 3.29. The van der Waals surface area contributed by atoms with Gasteiger partial charge in [-0.3, -0.25) is 4.79 Å². The Balaban J connectivity index is 1.64. The number of epoxide rings is 1. The lowest BCUT2D eigenvalue weighted by Gasteiger charge is -2.19. The lowest BCUT2D eigenvalue weighted by atomic mass is 10.0. The first kappa shape index (κ1) is 24.0. The quantitative estimate of drug-likeness (QED) is 0.414. The number of esters is 1. The van der Waals surface area contributed by atoms with Crippen LogP contribution in [0.1, 0.15) is 66.9 Å². The van der Waals surface area contributed by atoms with Crippen molar-refractivity contribution in [2.24, 2.45) is 0 Å². The summed E-state index contributed by atoms with van der Waals surface area (Å²) < 4.78 is 23.1. The van der Waals surface area contributed by atoms with Gasteiger partial charge >= 0.3 is 5.97 Å². The summed E-state index contributed by atoms with van der Waals surface area (Å²) in [6.07, 6.45) is 7.63. The van der Waals surface area contributed by atoms with Crippen molar-refractivity contribution in [1.82, 2.24) is 0 Å². The largest absolute Gasteiger partial charge is 0.490 e. The number of hydrogen-bond acceptors (Lipinski definition) is 6. The maximum Gasteiger partial charge on any atom is 0.342 e. The normalized spacial score (nSPS) is 22.1. The topological polar surface area (TPSA) is 74.4 Å². The van der Waals surface area contributed by atoms with Crippen LogP contribution in [-0.2, 0) is 20.9 Å². The minimum absolute atomic E-state index is 0.0473. The Bertz CT molecular complexity index is 1010. The number of hydrogen-bond donors (Lipinski definition) is 0. The highest BCUT2D eigenvalue weighted by Crippen LogP contribution is 2.33. The van der Waals surface area contributed by atoms with Crippen LogP contribution >= 0.6 is 0 Å². The average molecular weight is 465 g/mol. The molecule has 34 heavy (non-hydrogen) atoms. The minimum atomic E-state index is -0.433. The summed E-state index contributed by atoms with van der Waals surface area (Å²) >= 11 is 0. The molecular weight excluding hydrogens is 432 g/mol. The predicted octanol–water partition coefficient (Wildman–Crippen LogP) is 5.53. The molecule has 0 radical (unpaired) electrons. The number of ether oxygens (including phenoxy) is 4. The van der Waals surface area contributed by atoms with E-state index >= 15 is 0 Å². The van der Waals surface area contributed by atoms with E-state index in [0.29, 0.717) is 68.1 Å². The Morgan fingerprint density at radius 3 is 2.62 bits per heavy atom. The first-order valence-electron chi connectivity index (χ1n) is 12.1. The highest BCUT2D eigenvalue weighted by molar-refractivity contribution is 5.97. The number of ketones is 1. The number of Topliss-reactive ketones (excluding diaryl/α,β-unsaturated/α-hetero) is 1. The number of fused-ring (bicyclic) bond motifs is 1. The molecule has 0 aromatic heterocycles. The van der Waals surface area contributed by atoms with Gasteiger partial charge < -0.3 is 18.9 Å². The molecule has 180 valence electrons. The molecule has 1 saturated heterocycles. The Kier molecular flexibility index (Phi) is 8.36. The van der Waals surface area contributed by atoms with E-state index in [9.17, 15) is 9.59 Å². The molecule has 0 amide bonds. The van der Waals surface area contributed by atoms with Crippen LogP contribution in [-0.4, -0.2) is 37.2 Å². The van der Waals surface area contributed by atoms with Crippen molar-refractivity contribution < 1.29 is 28.5 Å². The third-order valence-corrected chi connectivity index (χ3v) is 5.88. The zero-order valence-electron chi connectivity index (χ0n) is 19.7. The molecule has 0 saturated carbocycles. The van der Waals surface area contributed by atoms with E-state index in [-0.39, 0.29) is 18.0 Å². The molecule has 1 fully saturated rings. The molecule has 2 atom stereocenters. The second-order valence-electron chi connectivity index (χ2n) is 8.87. The Hall–Kier alpha value is -3.12. The van der Waals surface area contributed by atoms with Gasteiger partial charge in [0.1, 0.15) is 42.2 Å². The van der Waals surface area contributed by atoms with E-state index in [0.717, 1.165) is 18.4 Å². The van der Waals surface area contributed by atoms with Crippen molar-refractivity contribution in [3.63, 3.8) is 0 Å². The van der Waals surface area contributed by atoms with Crippen LogP contribution in [0.2, 0.25) is 0 Å². The fourth-order valence-electron chi connectivity index (χ4n) is 3.89. The summed E-state index contributed by atoms with van der Waals surface area (Å²) in [5.41, 5.74) is 2.12. The first-order valence-corrected chi connectivity index (χ1v) is 12.1. The molecule has 0 bridgehead atoms. The Morgan fingerprint density at radius 2 is 1.82 bits per heavy atom. The van der Waals surface area contributed by atoms with Gasteiger partial charge in [0.2, 0.25) is 0 Å². The van der Waals surface area contributed by atoms with Crippen LogP contribution in [0.15, 0.2) is 48.5 Å². The van der Waals surface area contributed by atoms with Crippen LogP contribution in [0.3, 0.4) is 0 Å². The molecule has 6 heteroatoms. The predicted molar refractivity (Wildman–Crippen MR) is 129 cm³/mol. The van der Waals surface area contributed by atoms with Crippen LogP contribution in [0, 0.1) is 0 Å². The molecule has 2 heterocycles. The van der Waals surface area contributed by atoms with Crippen LogP contribution in [0.4, 0.5) is 0 Å². The van der Waals surface area contributed by atoms with Gasteiger partial charge in [0.05, 0.1) is 12.7 Å². The molecule has 0 aliphatic carbocycles. The van der Waals surface area contributed by atoms with E-state index in [2.05, 4.69) is 0 Å². The van der Waals surface area contributed by atoms with E-state index in [1.54, 1.807) is 6.07 Å². The molecule has 0 unspecified atom stereocenters. The van der Waals surface area contributed by atoms with E-state index in [1.807, 2.05) is 55.5 Å². The first-order chi connectivity index (χ1) is 16.6. The van der Waals surface area contributed by atoms with Crippen molar-refractivity contribution in [3.05, 3.63) is 65.2 Å². The molecular formula is C28H32O6. The number of carbonyl (C=O) groups excluding carboxylic acids is 2. The molecule has 0 spiro atoms. The number of allylic oxidation sites excluding steroid dienone is 1. The third-order valence-electron chi connectivity index (χ3n) is 5.88. The lowest BCUT2D eigenvalue weighted by molar-refractivity contribution is -0.119. The second kappa shape index (κ2) is 11.8. The molecule has 4 rings (SSSR count). The molecule has 0 N–H and O–H groups in total. The van der Waals surface area contributed by atoms with E-state index in [4.69, 9.17) is 18.9 Å². The smallest absolute Gasteiger partial charge is 0.342 e. The molecule has 6 nitrogen and oxygen atoms in total. The fourth-order valence-corrected chi connectivity index (χ4v) is 3.89. The number of carbonyl (C=O) groups is 2. The second-order valence-corrected chi connectivity index (χ2v) is 8.87. The van der Waals surface area contributed by atoms with Gasteiger partial charge in [-0.25, -0.2) is 4.79 Å². The SMILES string of the molecule is C[C@H]1CCCC(=O)CCC/C=C/c2cc(OCc3ccccc3)cc(OC[C@@H]3CO3)c2C(=O)O1. The van der Waals surface area contributed by atoms with Crippen LogP contribution in [0.5, 0.6) is 11.5 Å². The molecule has 2 aromatic carbocycles. The van der Waals surface area contributed by atoms with E-state index < -0.39 is 5.97 Å². The van der Waals surface area contributed by atoms with Crippen molar-refractivity contribution >= 4 is 17.8 Å². The van der Waals surface area contributed by atoms with Gasteiger partial charge in [-0.1, -0.05) is 42.5 Å². The molecule has 2 aromatic rings. The Morgan fingerprint density at radius 1 is 1.03 bits per heavy atom. The maximum atomic E-state index is 13.2. The summed E-state index contributed by atoms with van der Waals surface area (Å²) in [4.78, 5) is 25.3.